The second-order valence-electron chi connectivity index (χ2n) is 3.97. The second-order valence-corrected chi connectivity index (χ2v) is 3.97. The van der Waals surface area contributed by atoms with Crippen molar-refractivity contribution in [2.24, 2.45) is 0 Å². The van der Waals surface area contributed by atoms with Crippen LogP contribution in [-0.4, -0.2) is 23.9 Å². The number of allylic oxidation sites excluding steroid dienone is 1. The summed E-state index contributed by atoms with van der Waals surface area (Å²) in [5, 5.41) is 0. The van der Waals surface area contributed by atoms with Gasteiger partial charge in [-0.15, -0.1) is 0 Å². The molecule has 0 saturated carbocycles. The van der Waals surface area contributed by atoms with E-state index in [1.165, 1.54) is 25.7 Å². The van der Waals surface area contributed by atoms with Gasteiger partial charge in [-0.25, -0.2) is 0 Å². The maximum atomic E-state index is 11.9. The fourth-order valence-corrected chi connectivity index (χ4v) is 2.17. The summed E-state index contributed by atoms with van der Waals surface area (Å²) in [5.41, 5.74) is 1.07. The van der Waals surface area contributed by atoms with E-state index in [-0.39, 0.29) is 0 Å². The van der Waals surface area contributed by atoms with Gasteiger partial charge >= 0.3 is 0 Å². The first-order valence-corrected chi connectivity index (χ1v) is 5.36. The number of amides is 1. The van der Waals surface area contributed by atoms with Crippen molar-refractivity contribution in [3.8, 4) is 0 Å². The van der Waals surface area contributed by atoms with Crippen LogP contribution in [0.3, 0.4) is 0 Å². The van der Waals surface area contributed by atoms with Crippen LogP contribution in [0.5, 0.6) is 0 Å². The zero-order valence-electron chi connectivity index (χ0n) is 8.09. The molecule has 0 N–H and O–H groups in total. The number of rotatable bonds is 1. The first-order chi connectivity index (χ1) is 6.38. The smallest absolute Gasteiger partial charge is 0.249 e. The zero-order valence-corrected chi connectivity index (χ0v) is 8.09. The van der Waals surface area contributed by atoms with Gasteiger partial charge in [0.05, 0.1) is 0 Å². The summed E-state index contributed by atoms with van der Waals surface area (Å²) in [6.07, 6.45) is 9.09. The van der Waals surface area contributed by atoms with E-state index in [9.17, 15) is 4.79 Å². The monoisotopic (exact) mass is 179 g/mol. The Morgan fingerprint density at radius 2 is 1.92 bits per heavy atom. The van der Waals surface area contributed by atoms with Gasteiger partial charge in [0.15, 0.2) is 0 Å². The lowest BCUT2D eigenvalue weighted by molar-refractivity contribution is -0.128. The highest BCUT2D eigenvalue weighted by Gasteiger charge is 2.21. The molecule has 0 unspecified atom stereocenters. The minimum atomic E-state index is 0.317. The Labute approximate surface area is 79.6 Å². The number of piperidine rings is 1. The quantitative estimate of drug-likeness (QED) is 0.603. The summed E-state index contributed by atoms with van der Waals surface area (Å²) in [6, 6.07) is 0. The average Bonchev–Trinajstić information content (AvgIpc) is 2.71. The predicted octanol–water partition coefficient (Wildman–Crippen LogP) is 2.11. The van der Waals surface area contributed by atoms with E-state index in [0.29, 0.717) is 5.91 Å². The van der Waals surface area contributed by atoms with Crippen molar-refractivity contribution in [3.63, 3.8) is 0 Å². The Hall–Kier alpha value is -0.790. The van der Waals surface area contributed by atoms with Gasteiger partial charge in [0, 0.05) is 18.7 Å². The second kappa shape index (κ2) is 3.95. The van der Waals surface area contributed by atoms with Crippen molar-refractivity contribution in [2.75, 3.05) is 13.1 Å². The van der Waals surface area contributed by atoms with E-state index >= 15 is 0 Å². The topological polar surface area (TPSA) is 20.3 Å². The van der Waals surface area contributed by atoms with Gasteiger partial charge in [0.1, 0.15) is 0 Å². The Kier molecular flexibility index (Phi) is 2.67. The Morgan fingerprint density at radius 1 is 1.15 bits per heavy atom. The van der Waals surface area contributed by atoms with Crippen LogP contribution in [0.2, 0.25) is 0 Å². The van der Waals surface area contributed by atoms with Crippen molar-refractivity contribution in [1.29, 1.82) is 0 Å². The maximum absolute atomic E-state index is 11.9. The van der Waals surface area contributed by atoms with Crippen molar-refractivity contribution in [1.82, 2.24) is 4.90 Å². The summed E-state index contributed by atoms with van der Waals surface area (Å²) in [7, 11) is 0. The SMILES string of the molecule is O=C(C1=CCCC1)N1CCCCC1. The summed E-state index contributed by atoms with van der Waals surface area (Å²) in [4.78, 5) is 13.9. The molecule has 0 spiro atoms. The molecule has 0 aromatic rings. The fraction of sp³-hybridized carbons (Fsp3) is 0.727. The molecule has 0 radical (unpaired) electrons. The molecule has 1 aliphatic carbocycles. The van der Waals surface area contributed by atoms with Gasteiger partial charge in [-0.2, -0.15) is 0 Å². The fourth-order valence-electron chi connectivity index (χ4n) is 2.17. The third kappa shape index (κ3) is 1.93. The lowest BCUT2D eigenvalue weighted by Gasteiger charge is -2.27. The van der Waals surface area contributed by atoms with Crippen molar-refractivity contribution in [2.45, 2.75) is 38.5 Å². The summed E-state index contributed by atoms with van der Waals surface area (Å²) in [6.45, 7) is 1.96. The minimum absolute atomic E-state index is 0.317. The Bertz CT molecular complexity index is 226. The van der Waals surface area contributed by atoms with E-state index in [0.717, 1.165) is 31.5 Å². The first kappa shape index (κ1) is 8.79. The lowest BCUT2D eigenvalue weighted by atomic mass is 10.1. The van der Waals surface area contributed by atoms with Crippen LogP contribution in [0.15, 0.2) is 11.6 Å². The van der Waals surface area contributed by atoms with Crippen molar-refractivity contribution < 1.29 is 4.79 Å². The minimum Gasteiger partial charge on any atom is -0.339 e. The Morgan fingerprint density at radius 3 is 2.54 bits per heavy atom. The highest BCUT2D eigenvalue weighted by molar-refractivity contribution is 5.93. The molecular weight excluding hydrogens is 162 g/mol. The maximum Gasteiger partial charge on any atom is 0.249 e. The van der Waals surface area contributed by atoms with Crippen LogP contribution in [0.25, 0.3) is 0 Å². The molecule has 2 nitrogen and oxygen atoms in total. The Balaban J connectivity index is 1.94. The van der Waals surface area contributed by atoms with Gasteiger partial charge in [0.25, 0.3) is 0 Å². The predicted molar refractivity (Wildman–Crippen MR) is 52.4 cm³/mol. The summed E-state index contributed by atoms with van der Waals surface area (Å²) >= 11 is 0. The van der Waals surface area contributed by atoms with E-state index in [2.05, 4.69) is 6.08 Å². The molecule has 0 aromatic heterocycles. The van der Waals surface area contributed by atoms with Crippen LogP contribution >= 0.6 is 0 Å². The van der Waals surface area contributed by atoms with Gasteiger partial charge in [-0.1, -0.05) is 6.08 Å². The summed E-state index contributed by atoms with van der Waals surface area (Å²) < 4.78 is 0. The first-order valence-electron chi connectivity index (χ1n) is 5.36. The number of carbonyl (C=O) groups is 1. The molecule has 1 saturated heterocycles. The summed E-state index contributed by atoms with van der Waals surface area (Å²) in [5.74, 6) is 0.317. The standard InChI is InChI=1S/C11H17NO/c13-11(10-6-2-3-7-10)12-8-4-1-5-9-12/h6H,1-5,7-9H2. The zero-order chi connectivity index (χ0) is 9.10. The van der Waals surface area contributed by atoms with Gasteiger partial charge in [0.2, 0.25) is 5.91 Å². The number of carbonyl (C=O) groups excluding carboxylic acids is 1. The van der Waals surface area contributed by atoms with E-state index in [1.807, 2.05) is 4.90 Å². The van der Waals surface area contributed by atoms with Crippen LogP contribution in [-0.2, 0) is 4.79 Å². The molecule has 2 rings (SSSR count). The van der Waals surface area contributed by atoms with Crippen LogP contribution < -0.4 is 0 Å². The molecular formula is C11H17NO. The van der Waals surface area contributed by atoms with E-state index < -0.39 is 0 Å². The molecule has 1 aliphatic heterocycles. The lowest BCUT2D eigenvalue weighted by Crippen LogP contribution is -2.36. The molecule has 0 atom stereocenters. The van der Waals surface area contributed by atoms with Crippen molar-refractivity contribution >= 4 is 5.91 Å². The molecule has 13 heavy (non-hydrogen) atoms. The highest BCUT2D eigenvalue weighted by Crippen LogP contribution is 2.21. The molecule has 2 aliphatic rings. The van der Waals surface area contributed by atoms with Gasteiger partial charge in [-0.3, -0.25) is 4.79 Å². The normalized spacial score (nSPS) is 23.1. The van der Waals surface area contributed by atoms with E-state index in [1.54, 1.807) is 0 Å². The highest BCUT2D eigenvalue weighted by atomic mass is 16.2. The van der Waals surface area contributed by atoms with Crippen LogP contribution in [0, 0.1) is 0 Å². The average molecular weight is 179 g/mol. The third-order valence-corrected chi connectivity index (χ3v) is 2.96. The van der Waals surface area contributed by atoms with Crippen LogP contribution in [0.1, 0.15) is 38.5 Å². The largest absolute Gasteiger partial charge is 0.339 e. The third-order valence-electron chi connectivity index (χ3n) is 2.96. The molecule has 1 amide bonds. The van der Waals surface area contributed by atoms with Crippen LogP contribution in [0.4, 0.5) is 0 Å². The molecule has 2 heteroatoms. The molecule has 1 heterocycles. The molecule has 1 fully saturated rings. The number of likely N-dealkylation sites (tertiary alicyclic amines) is 1. The molecule has 72 valence electrons. The molecule has 0 aromatic carbocycles. The van der Waals surface area contributed by atoms with E-state index in [4.69, 9.17) is 0 Å². The number of hydrogen-bond donors (Lipinski definition) is 0. The van der Waals surface area contributed by atoms with Crippen molar-refractivity contribution in [3.05, 3.63) is 11.6 Å². The van der Waals surface area contributed by atoms with Gasteiger partial charge < -0.3 is 4.90 Å². The number of hydrogen-bond acceptors (Lipinski definition) is 1. The number of nitrogens with zero attached hydrogens (tertiary/aromatic N) is 1. The molecule has 0 bridgehead atoms. The van der Waals surface area contributed by atoms with Gasteiger partial charge in [-0.05, 0) is 38.5 Å².